The molecule has 1 heterocycles. The van der Waals surface area contributed by atoms with Crippen LogP contribution in [0.4, 0.5) is 4.39 Å². The van der Waals surface area contributed by atoms with E-state index in [1.807, 2.05) is 6.92 Å². The SMILES string of the molecule is CC(CSc1ccc(F)cc1)C(=O)N1CCCC(C(=O)NCCN)C1. The molecule has 2 atom stereocenters. The number of halogens is 1. The molecular formula is C18H26FN3O2S. The molecule has 1 fully saturated rings. The highest BCUT2D eigenvalue weighted by Crippen LogP contribution is 2.24. The third kappa shape index (κ3) is 6.01. The van der Waals surface area contributed by atoms with Crippen molar-refractivity contribution in [2.75, 3.05) is 31.9 Å². The number of amides is 2. The van der Waals surface area contributed by atoms with E-state index in [-0.39, 0.29) is 29.5 Å². The summed E-state index contributed by atoms with van der Waals surface area (Å²) in [6, 6.07) is 6.28. The summed E-state index contributed by atoms with van der Waals surface area (Å²) in [4.78, 5) is 27.5. The molecule has 2 unspecified atom stereocenters. The molecule has 25 heavy (non-hydrogen) atoms. The number of carbonyl (C=O) groups is 2. The first kappa shape index (κ1) is 19.7. The van der Waals surface area contributed by atoms with Crippen LogP contribution in [0.5, 0.6) is 0 Å². The largest absolute Gasteiger partial charge is 0.355 e. The molecule has 0 bridgehead atoms. The molecule has 1 saturated heterocycles. The van der Waals surface area contributed by atoms with E-state index in [0.29, 0.717) is 31.9 Å². The van der Waals surface area contributed by atoms with Crippen molar-refractivity contribution in [3.05, 3.63) is 30.1 Å². The minimum Gasteiger partial charge on any atom is -0.355 e. The number of carbonyl (C=O) groups excluding carboxylic acids is 2. The fourth-order valence-electron chi connectivity index (χ4n) is 2.87. The van der Waals surface area contributed by atoms with Crippen molar-refractivity contribution in [2.24, 2.45) is 17.6 Å². The summed E-state index contributed by atoms with van der Waals surface area (Å²) < 4.78 is 12.9. The second-order valence-corrected chi connectivity index (χ2v) is 7.46. The molecule has 0 aliphatic carbocycles. The quantitative estimate of drug-likeness (QED) is 0.722. The zero-order valence-electron chi connectivity index (χ0n) is 14.5. The summed E-state index contributed by atoms with van der Waals surface area (Å²) in [6.45, 7) is 3.95. The minimum absolute atomic E-state index is 0.0173. The highest BCUT2D eigenvalue weighted by molar-refractivity contribution is 7.99. The molecule has 1 aliphatic rings. The van der Waals surface area contributed by atoms with Crippen LogP contribution >= 0.6 is 11.8 Å². The van der Waals surface area contributed by atoms with Crippen molar-refractivity contribution in [1.29, 1.82) is 0 Å². The van der Waals surface area contributed by atoms with Crippen LogP contribution in [0.2, 0.25) is 0 Å². The Morgan fingerprint density at radius 1 is 1.40 bits per heavy atom. The van der Waals surface area contributed by atoms with Crippen molar-refractivity contribution >= 4 is 23.6 Å². The topological polar surface area (TPSA) is 75.4 Å². The van der Waals surface area contributed by atoms with Gasteiger partial charge in [0, 0.05) is 42.7 Å². The average molecular weight is 367 g/mol. The number of nitrogens with one attached hydrogen (secondary N) is 1. The van der Waals surface area contributed by atoms with Gasteiger partial charge in [0.2, 0.25) is 11.8 Å². The van der Waals surface area contributed by atoms with Gasteiger partial charge in [-0.3, -0.25) is 9.59 Å². The predicted molar refractivity (Wildman–Crippen MR) is 97.7 cm³/mol. The van der Waals surface area contributed by atoms with Crippen molar-refractivity contribution in [1.82, 2.24) is 10.2 Å². The molecule has 0 saturated carbocycles. The fraction of sp³-hybridized carbons (Fsp3) is 0.556. The first-order valence-electron chi connectivity index (χ1n) is 8.66. The van der Waals surface area contributed by atoms with E-state index in [1.54, 1.807) is 28.8 Å². The summed E-state index contributed by atoms with van der Waals surface area (Å²) in [5, 5.41) is 2.81. The van der Waals surface area contributed by atoms with Crippen LogP contribution in [0.25, 0.3) is 0 Å². The van der Waals surface area contributed by atoms with Gasteiger partial charge >= 0.3 is 0 Å². The van der Waals surface area contributed by atoms with Gasteiger partial charge in [-0.1, -0.05) is 6.92 Å². The number of thioether (sulfide) groups is 1. The normalized spacial score (nSPS) is 18.7. The van der Waals surface area contributed by atoms with Crippen LogP contribution < -0.4 is 11.1 Å². The first-order chi connectivity index (χ1) is 12.0. The van der Waals surface area contributed by atoms with Gasteiger partial charge in [0.25, 0.3) is 0 Å². The second-order valence-electron chi connectivity index (χ2n) is 6.37. The van der Waals surface area contributed by atoms with Crippen LogP contribution in [0.15, 0.2) is 29.2 Å². The van der Waals surface area contributed by atoms with Crippen LogP contribution in [0.3, 0.4) is 0 Å². The van der Waals surface area contributed by atoms with Crippen LogP contribution in [-0.2, 0) is 9.59 Å². The predicted octanol–water partition coefficient (Wildman–Crippen LogP) is 1.87. The smallest absolute Gasteiger partial charge is 0.226 e. The van der Waals surface area contributed by atoms with E-state index >= 15 is 0 Å². The van der Waals surface area contributed by atoms with E-state index < -0.39 is 0 Å². The maximum absolute atomic E-state index is 12.9. The summed E-state index contributed by atoms with van der Waals surface area (Å²) in [6.07, 6.45) is 1.64. The van der Waals surface area contributed by atoms with Gasteiger partial charge in [0.05, 0.1) is 5.92 Å². The van der Waals surface area contributed by atoms with Crippen molar-refractivity contribution in [3.63, 3.8) is 0 Å². The molecule has 1 aromatic rings. The third-order valence-electron chi connectivity index (χ3n) is 4.28. The van der Waals surface area contributed by atoms with Crippen LogP contribution in [0, 0.1) is 17.7 Å². The summed E-state index contributed by atoms with van der Waals surface area (Å²) >= 11 is 1.54. The standard InChI is InChI=1S/C18H26FN3O2S/c1-13(12-25-16-6-4-15(19)5-7-16)18(24)22-10-2-3-14(11-22)17(23)21-9-8-20/h4-7,13-14H,2-3,8-12,20H2,1H3,(H,21,23). The van der Waals surface area contributed by atoms with Crippen LogP contribution in [-0.4, -0.2) is 48.6 Å². The van der Waals surface area contributed by atoms with Gasteiger partial charge in [-0.25, -0.2) is 4.39 Å². The van der Waals surface area contributed by atoms with Gasteiger partial charge < -0.3 is 16.0 Å². The summed E-state index contributed by atoms with van der Waals surface area (Å²) in [7, 11) is 0. The highest BCUT2D eigenvalue weighted by Gasteiger charge is 2.30. The molecule has 0 aromatic heterocycles. The summed E-state index contributed by atoms with van der Waals surface area (Å²) in [5.41, 5.74) is 5.41. The Labute approximate surface area is 152 Å². The lowest BCUT2D eigenvalue weighted by Gasteiger charge is -2.33. The van der Waals surface area contributed by atoms with Gasteiger partial charge in [-0.05, 0) is 37.1 Å². The Hall–Kier alpha value is -1.60. The lowest BCUT2D eigenvalue weighted by molar-refractivity contribution is -0.138. The second kappa shape index (κ2) is 9.77. The Bertz CT molecular complexity index is 582. The van der Waals surface area contributed by atoms with Gasteiger partial charge in [0.15, 0.2) is 0 Å². The fourth-order valence-corrected chi connectivity index (χ4v) is 3.78. The monoisotopic (exact) mass is 367 g/mol. The molecule has 2 rings (SSSR count). The Kier molecular flexibility index (Phi) is 7.71. The number of nitrogens with zero attached hydrogens (tertiary/aromatic N) is 1. The number of rotatable bonds is 7. The molecule has 1 aliphatic heterocycles. The molecule has 0 radical (unpaired) electrons. The van der Waals surface area contributed by atoms with Crippen molar-refractivity contribution < 1.29 is 14.0 Å². The number of hydrogen-bond acceptors (Lipinski definition) is 4. The Morgan fingerprint density at radius 2 is 2.12 bits per heavy atom. The van der Waals surface area contributed by atoms with E-state index in [1.165, 1.54) is 12.1 Å². The lowest BCUT2D eigenvalue weighted by atomic mass is 9.96. The Morgan fingerprint density at radius 3 is 2.80 bits per heavy atom. The van der Waals surface area contributed by atoms with Gasteiger partial charge in [-0.2, -0.15) is 0 Å². The molecular weight excluding hydrogens is 341 g/mol. The molecule has 5 nitrogen and oxygen atoms in total. The minimum atomic E-state index is -0.263. The highest BCUT2D eigenvalue weighted by atomic mass is 32.2. The average Bonchev–Trinajstić information content (AvgIpc) is 2.64. The molecule has 1 aromatic carbocycles. The molecule has 138 valence electrons. The van der Waals surface area contributed by atoms with E-state index in [0.717, 1.165) is 17.7 Å². The first-order valence-corrected chi connectivity index (χ1v) is 9.64. The van der Waals surface area contributed by atoms with Crippen molar-refractivity contribution in [3.8, 4) is 0 Å². The van der Waals surface area contributed by atoms with Gasteiger partial charge in [0.1, 0.15) is 5.82 Å². The van der Waals surface area contributed by atoms with E-state index in [2.05, 4.69) is 5.32 Å². The molecule has 7 heteroatoms. The summed E-state index contributed by atoms with van der Waals surface area (Å²) in [5.74, 6) is 0.121. The Balaban J connectivity index is 1.83. The number of benzene rings is 1. The number of likely N-dealkylation sites (tertiary alicyclic amines) is 1. The lowest BCUT2D eigenvalue weighted by Crippen LogP contribution is -2.47. The number of hydrogen-bond donors (Lipinski definition) is 2. The number of nitrogens with two attached hydrogens (primary N) is 1. The zero-order valence-corrected chi connectivity index (χ0v) is 15.4. The van der Waals surface area contributed by atoms with E-state index in [4.69, 9.17) is 5.73 Å². The molecule has 3 N–H and O–H groups in total. The third-order valence-corrected chi connectivity index (χ3v) is 5.55. The molecule has 0 spiro atoms. The van der Waals surface area contributed by atoms with Gasteiger partial charge in [-0.15, -0.1) is 11.8 Å². The van der Waals surface area contributed by atoms with Crippen molar-refractivity contribution in [2.45, 2.75) is 24.7 Å². The molecule has 2 amide bonds. The van der Waals surface area contributed by atoms with Crippen LogP contribution in [0.1, 0.15) is 19.8 Å². The maximum atomic E-state index is 12.9. The zero-order chi connectivity index (χ0) is 18.2. The number of piperidine rings is 1. The maximum Gasteiger partial charge on any atom is 0.226 e. The van der Waals surface area contributed by atoms with E-state index in [9.17, 15) is 14.0 Å².